The first kappa shape index (κ1) is 14.0. The van der Waals surface area contributed by atoms with Crippen molar-refractivity contribution in [3.05, 3.63) is 45.4 Å². The molecule has 2 N–H and O–H groups in total. The minimum Gasteiger partial charge on any atom is -0.408 e. The lowest BCUT2D eigenvalue weighted by atomic mass is 10.2. The number of nitrogens with two attached hydrogens (primary N) is 1. The van der Waals surface area contributed by atoms with Crippen molar-refractivity contribution in [2.75, 3.05) is 12.3 Å². The fourth-order valence-electron chi connectivity index (χ4n) is 2.83. The molecule has 7 nitrogen and oxygen atoms in total. The number of hydrogen-bond acceptors (Lipinski definition) is 6. The number of carbonyl (C=O) groups excluding carboxylic acids is 1. The first-order valence-corrected chi connectivity index (χ1v) is 8.03. The summed E-state index contributed by atoms with van der Waals surface area (Å²) in [4.78, 5) is 31.5. The van der Waals surface area contributed by atoms with Crippen LogP contribution in [0.5, 0.6) is 0 Å². The van der Waals surface area contributed by atoms with Crippen molar-refractivity contribution in [1.29, 1.82) is 0 Å². The Morgan fingerprint density at radius 1 is 1.39 bits per heavy atom. The van der Waals surface area contributed by atoms with Gasteiger partial charge in [0.15, 0.2) is 10.7 Å². The largest absolute Gasteiger partial charge is 0.420 e. The molecule has 1 aromatic carbocycles. The molecule has 0 unspecified atom stereocenters. The van der Waals surface area contributed by atoms with Crippen LogP contribution in [0.15, 0.2) is 33.5 Å². The first-order chi connectivity index (χ1) is 11.1. The fraction of sp³-hybridized carbons (Fsp3) is 0.267. The third kappa shape index (κ3) is 2.40. The summed E-state index contributed by atoms with van der Waals surface area (Å²) in [6.45, 7) is 1.05. The van der Waals surface area contributed by atoms with Crippen LogP contribution in [0, 0.1) is 0 Å². The summed E-state index contributed by atoms with van der Waals surface area (Å²) in [7, 11) is 0. The second-order valence-corrected chi connectivity index (χ2v) is 6.52. The molecule has 3 aromatic rings. The van der Waals surface area contributed by atoms with Crippen LogP contribution in [0.4, 0.5) is 5.13 Å². The summed E-state index contributed by atoms with van der Waals surface area (Å²) < 4.78 is 6.53. The Labute approximate surface area is 134 Å². The molecule has 3 heterocycles. The van der Waals surface area contributed by atoms with E-state index in [2.05, 4.69) is 4.98 Å². The lowest BCUT2D eigenvalue weighted by molar-refractivity contribution is -0.132. The van der Waals surface area contributed by atoms with Crippen LogP contribution >= 0.6 is 11.3 Å². The van der Waals surface area contributed by atoms with Crippen molar-refractivity contribution < 1.29 is 9.21 Å². The van der Waals surface area contributed by atoms with Gasteiger partial charge in [0.25, 0.3) is 0 Å². The third-order valence-electron chi connectivity index (χ3n) is 3.97. The Balaban J connectivity index is 1.58. The summed E-state index contributed by atoms with van der Waals surface area (Å²) in [6.07, 6.45) is 0.690. The Kier molecular flexibility index (Phi) is 3.19. The summed E-state index contributed by atoms with van der Waals surface area (Å²) in [5.74, 6) is -0.629. The molecular formula is C15H14N4O3S. The van der Waals surface area contributed by atoms with Crippen molar-refractivity contribution in [1.82, 2.24) is 14.5 Å². The molecule has 0 saturated heterocycles. The van der Waals surface area contributed by atoms with Crippen molar-refractivity contribution in [2.45, 2.75) is 19.5 Å². The van der Waals surface area contributed by atoms with Gasteiger partial charge in [0.05, 0.1) is 17.8 Å². The number of benzene rings is 1. The smallest absolute Gasteiger partial charge is 0.408 e. The highest BCUT2D eigenvalue weighted by molar-refractivity contribution is 7.15. The molecule has 1 amide bonds. The Morgan fingerprint density at radius 3 is 3.09 bits per heavy atom. The molecule has 4 rings (SSSR count). The van der Waals surface area contributed by atoms with Crippen molar-refractivity contribution >= 4 is 33.5 Å². The number of thiazole rings is 1. The zero-order valence-corrected chi connectivity index (χ0v) is 13.0. The lowest BCUT2D eigenvalue weighted by Gasteiger charge is -2.26. The summed E-state index contributed by atoms with van der Waals surface area (Å²) in [5, 5.41) is 0.529. The minimum atomic E-state index is -0.515. The molecule has 2 aromatic heterocycles. The van der Waals surface area contributed by atoms with E-state index < -0.39 is 5.76 Å². The number of aromatic nitrogens is 2. The van der Waals surface area contributed by atoms with Gasteiger partial charge in [-0.25, -0.2) is 9.78 Å². The number of anilines is 1. The number of fused-ring (bicyclic) bond motifs is 2. The van der Waals surface area contributed by atoms with E-state index in [1.807, 2.05) is 6.07 Å². The van der Waals surface area contributed by atoms with Gasteiger partial charge in [-0.15, -0.1) is 11.3 Å². The maximum atomic E-state index is 12.6. The number of para-hydroxylation sites is 2. The number of hydrogen-bond donors (Lipinski definition) is 1. The minimum absolute atomic E-state index is 0.0283. The number of rotatable bonds is 2. The van der Waals surface area contributed by atoms with Gasteiger partial charge in [0.2, 0.25) is 5.91 Å². The van der Waals surface area contributed by atoms with Gasteiger partial charge in [0.1, 0.15) is 6.54 Å². The maximum Gasteiger partial charge on any atom is 0.420 e. The SMILES string of the molecule is Nc1nc2c(s1)CN(C(=O)Cn1c(=O)oc3ccccc31)CC2. The number of oxazole rings is 1. The van der Waals surface area contributed by atoms with E-state index in [0.717, 1.165) is 10.6 Å². The van der Waals surface area contributed by atoms with Crippen LogP contribution < -0.4 is 11.5 Å². The van der Waals surface area contributed by atoms with Crippen LogP contribution in [0.25, 0.3) is 11.1 Å². The Morgan fingerprint density at radius 2 is 2.22 bits per heavy atom. The van der Waals surface area contributed by atoms with Gasteiger partial charge >= 0.3 is 5.76 Å². The van der Waals surface area contributed by atoms with Gasteiger partial charge in [-0.2, -0.15) is 0 Å². The van der Waals surface area contributed by atoms with Crippen LogP contribution in [-0.4, -0.2) is 26.9 Å². The monoisotopic (exact) mass is 330 g/mol. The van der Waals surface area contributed by atoms with Crippen LogP contribution in [0.2, 0.25) is 0 Å². The summed E-state index contributed by atoms with van der Waals surface area (Å²) in [5.41, 5.74) is 7.81. The van der Waals surface area contributed by atoms with E-state index in [-0.39, 0.29) is 12.5 Å². The Bertz CT molecular complexity index is 955. The van der Waals surface area contributed by atoms with E-state index in [0.29, 0.717) is 35.7 Å². The molecule has 0 bridgehead atoms. The summed E-state index contributed by atoms with van der Waals surface area (Å²) in [6, 6.07) is 7.08. The predicted octanol–water partition coefficient (Wildman–Crippen LogP) is 1.22. The molecule has 0 fully saturated rings. The van der Waals surface area contributed by atoms with E-state index in [9.17, 15) is 9.59 Å². The average Bonchev–Trinajstić information content (AvgIpc) is 3.06. The van der Waals surface area contributed by atoms with E-state index >= 15 is 0 Å². The highest BCUT2D eigenvalue weighted by Gasteiger charge is 2.24. The van der Waals surface area contributed by atoms with Gasteiger partial charge in [-0.05, 0) is 12.1 Å². The van der Waals surface area contributed by atoms with Gasteiger partial charge < -0.3 is 15.1 Å². The topological polar surface area (TPSA) is 94.4 Å². The highest BCUT2D eigenvalue weighted by atomic mass is 32.1. The quantitative estimate of drug-likeness (QED) is 0.762. The molecule has 0 spiro atoms. The molecule has 118 valence electrons. The van der Waals surface area contributed by atoms with Gasteiger partial charge in [-0.1, -0.05) is 12.1 Å². The molecule has 1 aliphatic heterocycles. The molecule has 0 aliphatic carbocycles. The molecule has 0 saturated carbocycles. The van der Waals surface area contributed by atoms with Crippen LogP contribution in [0.3, 0.4) is 0 Å². The number of amides is 1. The van der Waals surface area contributed by atoms with E-state index in [1.165, 1.54) is 15.9 Å². The fourth-order valence-corrected chi connectivity index (χ4v) is 3.72. The average molecular weight is 330 g/mol. The lowest BCUT2D eigenvalue weighted by Crippen LogP contribution is -2.38. The molecule has 0 atom stereocenters. The molecule has 0 radical (unpaired) electrons. The predicted molar refractivity (Wildman–Crippen MR) is 86.1 cm³/mol. The summed E-state index contributed by atoms with van der Waals surface area (Å²) >= 11 is 1.41. The zero-order chi connectivity index (χ0) is 16.0. The third-order valence-corrected chi connectivity index (χ3v) is 4.88. The van der Waals surface area contributed by atoms with E-state index in [4.69, 9.17) is 10.2 Å². The molecule has 23 heavy (non-hydrogen) atoms. The number of nitrogens with zero attached hydrogens (tertiary/aromatic N) is 3. The van der Waals surface area contributed by atoms with Crippen molar-refractivity contribution in [3.8, 4) is 0 Å². The van der Waals surface area contributed by atoms with Crippen LogP contribution in [-0.2, 0) is 24.3 Å². The number of carbonyl (C=O) groups is 1. The molecule has 8 heteroatoms. The number of nitrogen functional groups attached to an aromatic ring is 1. The maximum absolute atomic E-state index is 12.6. The zero-order valence-electron chi connectivity index (χ0n) is 12.2. The second kappa shape index (κ2) is 5.24. The van der Waals surface area contributed by atoms with Crippen molar-refractivity contribution in [2.24, 2.45) is 0 Å². The van der Waals surface area contributed by atoms with E-state index in [1.54, 1.807) is 23.1 Å². The first-order valence-electron chi connectivity index (χ1n) is 7.22. The highest BCUT2D eigenvalue weighted by Crippen LogP contribution is 2.26. The standard InChI is InChI=1S/C15H14N4O3S/c16-14-17-9-5-6-18(7-12(9)23-14)13(20)8-19-10-3-1-2-4-11(10)22-15(19)21/h1-4H,5-8H2,(H2,16,17). The molecule has 1 aliphatic rings. The van der Waals surface area contributed by atoms with Crippen molar-refractivity contribution in [3.63, 3.8) is 0 Å². The van der Waals surface area contributed by atoms with Gasteiger partial charge in [-0.3, -0.25) is 9.36 Å². The normalized spacial score (nSPS) is 14.2. The van der Waals surface area contributed by atoms with Gasteiger partial charge in [0, 0.05) is 17.8 Å². The second-order valence-electron chi connectivity index (χ2n) is 5.41. The van der Waals surface area contributed by atoms with Crippen LogP contribution in [0.1, 0.15) is 10.6 Å². The Hall–Kier alpha value is -2.61. The molecular weight excluding hydrogens is 316 g/mol.